The minimum absolute atomic E-state index is 0.0447. The van der Waals surface area contributed by atoms with E-state index in [4.69, 9.17) is 21.1 Å². The minimum Gasteiger partial charge on any atom is -0.507 e. The van der Waals surface area contributed by atoms with Crippen molar-refractivity contribution in [1.82, 2.24) is 4.90 Å². The summed E-state index contributed by atoms with van der Waals surface area (Å²) in [7, 11) is 3.11. The maximum Gasteiger partial charge on any atom is 0.295 e. The topological polar surface area (TPSA) is 76.1 Å². The van der Waals surface area contributed by atoms with Crippen LogP contribution in [0.2, 0.25) is 5.02 Å². The van der Waals surface area contributed by atoms with Gasteiger partial charge in [0.1, 0.15) is 11.5 Å². The van der Waals surface area contributed by atoms with Crippen molar-refractivity contribution < 1.29 is 24.2 Å². The lowest BCUT2D eigenvalue weighted by Gasteiger charge is -2.25. The highest BCUT2D eigenvalue weighted by Gasteiger charge is 2.45. The van der Waals surface area contributed by atoms with E-state index in [1.165, 1.54) is 12.0 Å². The largest absolute Gasteiger partial charge is 0.507 e. The van der Waals surface area contributed by atoms with E-state index in [0.717, 1.165) is 5.56 Å². The number of halogens is 1. The zero-order chi connectivity index (χ0) is 22.7. The average Bonchev–Trinajstić information content (AvgIpc) is 3.01. The number of rotatable bonds is 7. The number of Topliss-reactive ketones (excluding diaryl/α,β-unsaturated/α-hetero) is 1. The van der Waals surface area contributed by atoms with Crippen molar-refractivity contribution in [2.75, 3.05) is 27.4 Å². The van der Waals surface area contributed by atoms with Crippen LogP contribution in [0, 0.1) is 0 Å². The first kappa shape index (κ1) is 22.8. The lowest BCUT2D eigenvalue weighted by Crippen LogP contribution is -2.32. The molecule has 1 aliphatic heterocycles. The van der Waals surface area contributed by atoms with Gasteiger partial charge < -0.3 is 19.5 Å². The summed E-state index contributed by atoms with van der Waals surface area (Å²) in [6.07, 6.45) is 0. The SMILES string of the molecule is COCCN1C(=O)C(=O)/C(=C(\O)c2ccc(OC)c(C(C)C)c2)C1c1ccc(Cl)cc1. The molecule has 0 bridgehead atoms. The predicted molar refractivity (Wildman–Crippen MR) is 119 cm³/mol. The van der Waals surface area contributed by atoms with Crippen LogP contribution in [0.25, 0.3) is 5.76 Å². The van der Waals surface area contributed by atoms with E-state index in [1.54, 1.807) is 49.6 Å². The fourth-order valence-electron chi connectivity index (χ4n) is 3.78. The summed E-state index contributed by atoms with van der Waals surface area (Å²) in [6.45, 7) is 4.50. The third-order valence-corrected chi connectivity index (χ3v) is 5.64. The van der Waals surface area contributed by atoms with E-state index < -0.39 is 17.7 Å². The van der Waals surface area contributed by atoms with Gasteiger partial charge in [0.25, 0.3) is 11.7 Å². The van der Waals surface area contributed by atoms with Crippen LogP contribution >= 0.6 is 11.6 Å². The van der Waals surface area contributed by atoms with E-state index >= 15 is 0 Å². The van der Waals surface area contributed by atoms with Crippen molar-refractivity contribution in [3.63, 3.8) is 0 Å². The second-order valence-corrected chi connectivity index (χ2v) is 8.08. The highest BCUT2D eigenvalue weighted by Crippen LogP contribution is 2.40. The summed E-state index contributed by atoms with van der Waals surface area (Å²) in [5, 5.41) is 11.7. The third kappa shape index (κ3) is 4.45. The summed E-state index contributed by atoms with van der Waals surface area (Å²) in [4.78, 5) is 27.2. The first-order chi connectivity index (χ1) is 14.8. The van der Waals surface area contributed by atoms with Gasteiger partial charge in [-0.3, -0.25) is 9.59 Å². The van der Waals surface area contributed by atoms with E-state index in [2.05, 4.69) is 0 Å². The Bertz CT molecular complexity index is 1010. The van der Waals surface area contributed by atoms with Gasteiger partial charge >= 0.3 is 0 Å². The number of amides is 1. The number of ketones is 1. The molecule has 2 aromatic carbocycles. The summed E-state index contributed by atoms with van der Waals surface area (Å²) < 4.78 is 10.5. The molecule has 0 saturated carbocycles. The molecule has 1 fully saturated rings. The fourth-order valence-corrected chi connectivity index (χ4v) is 3.91. The highest BCUT2D eigenvalue weighted by molar-refractivity contribution is 6.46. The minimum atomic E-state index is -0.739. The van der Waals surface area contributed by atoms with Crippen LogP contribution in [0.4, 0.5) is 0 Å². The first-order valence-electron chi connectivity index (χ1n) is 10.0. The number of methoxy groups -OCH3 is 2. The summed E-state index contributed by atoms with van der Waals surface area (Å²) in [5.74, 6) is -0.783. The quantitative estimate of drug-likeness (QED) is 0.386. The van der Waals surface area contributed by atoms with Crippen molar-refractivity contribution in [3.8, 4) is 5.75 Å². The van der Waals surface area contributed by atoms with Crippen LogP contribution < -0.4 is 4.74 Å². The molecule has 164 valence electrons. The molecule has 1 saturated heterocycles. The van der Waals surface area contributed by atoms with E-state index in [1.807, 2.05) is 13.8 Å². The fraction of sp³-hybridized carbons (Fsp3) is 0.333. The first-order valence-corrected chi connectivity index (χ1v) is 10.4. The highest BCUT2D eigenvalue weighted by atomic mass is 35.5. The Morgan fingerprint density at radius 1 is 1.13 bits per heavy atom. The molecule has 1 atom stereocenters. The lowest BCUT2D eigenvalue weighted by molar-refractivity contribution is -0.140. The summed E-state index contributed by atoms with van der Waals surface area (Å²) in [6, 6.07) is 11.4. The van der Waals surface area contributed by atoms with Gasteiger partial charge in [0.05, 0.1) is 25.3 Å². The summed E-state index contributed by atoms with van der Waals surface area (Å²) in [5.41, 5.74) is 2.07. The Hall–Kier alpha value is -2.83. The second kappa shape index (κ2) is 9.54. The smallest absolute Gasteiger partial charge is 0.295 e. The number of likely N-dealkylation sites (tertiary alicyclic amines) is 1. The molecule has 0 spiro atoms. The molecule has 0 radical (unpaired) electrons. The van der Waals surface area contributed by atoms with Gasteiger partial charge in [-0.1, -0.05) is 37.6 Å². The van der Waals surface area contributed by atoms with Crippen molar-refractivity contribution in [3.05, 3.63) is 69.8 Å². The molecule has 7 heteroatoms. The average molecular weight is 444 g/mol. The number of benzene rings is 2. The van der Waals surface area contributed by atoms with Crippen molar-refractivity contribution in [1.29, 1.82) is 0 Å². The normalized spacial score (nSPS) is 18.1. The zero-order valence-electron chi connectivity index (χ0n) is 18.0. The van der Waals surface area contributed by atoms with Gasteiger partial charge in [-0.15, -0.1) is 0 Å². The number of carbonyl (C=O) groups is 2. The Morgan fingerprint density at radius 3 is 2.39 bits per heavy atom. The standard InChI is InChI=1S/C24H26ClNO5/c1-14(2)18-13-16(7-10-19(18)31-4)22(27)20-21(15-5-8-17(25)9-6-15)26(11-12-30-3)24(29)23(20)28/h5-10,13-14,21,27H,11-12H2,1-4H3/b22-20-. The number of nitrogens with zero attached hydrogens (tertiary/aromatic N) is 1. The molecule has 6 nitrogen and oxygen atoms in total. The van der Waals surface area contributed by atoms with Crippen molar-refractivity contribution >= 4 is 29.1 Å². The molecule has 1 unspecified atom stereocenters. The molecule has 1 heterocycles. The molecular weight excluding hydrogens is 418 g/mol. The Kier molecular flexibility index (Phi) is 7.03. The van der Waals surface area contributed by atoms with Crippen molar-refractivity contribution in [2.24, 2.45) is 0 Å². The maximum absolute atomic E-state index is 13.0. The molecule has 0 aromatic heterocycles. The number of aliphatic hydroxyl groups excluding tert-OH is 1. The molecule has 1 aliphatic rings. The van der Waals surface area contributed by atoms with Gasteiger partial charge in [-0.25, -0.2) is 0 Å². The molecule has 1 amide bonds. The Labute approximate surface area is 187 Å². The molecule has 31 heavy (non-hydrogen) atoms. The number of carbonyl (C=O) groups excluding carboxylic acids is 2. The van der Waals surface area contributed by atoms with Crippen LogP contribution in [-0.4, -0.2) is 49.1 Å². The van der Waals surface area contributed by atoms with Crippen LogP contribution in [-0.2, 0) is 14.3 Å². The van der Waals surface area contributed by atoms with Gasteiger partial charge in [0.2, 0.25) is 0 Å². The monoisotopic (exact) mass is 443 g/mol. The number of hydrogen-bond acceptors (Lipinski definition) is 5. The summed E-state index contributed by atoms with van der Waals surface area (Å²) >= 11 is 6.03. The Morgan fingerprint density at radius 2 is 1.81 bits per heavy atom. The van der Waals surface area contributed by atoms with Crippen LogP contribution in [0.1, 0.15) is 42.5 Å². The van der Waals surface area contributed by atoms with E-state index in [0.29, 0.717) is 21.9 Å². The van der Waals surface area contributed by atoms with Crippen LogP contribution in [0.15, 0.2) is 48.0 Å². The number of ether oxygens (including phenoxy) is 2. The molecule has 2 aromatic rings. The van der Waals surface area contributed by atoms with E-state index in [-0.39, 0.29) is 30.4 Å². The number of aliphatic hydroxyl groups is 1. The molecule has 3 rings (SSSR count). The third-order valence-electron chi connectivity index (χ3n) is 5.39. The molecular formula is C24H26ClNO5. The molecule has 0 aliphatic carbocycles. The Balaban J connectivity index is 2.18. The van der Waals surface area contributed by atoms with Gasteiger partial charge in [0, 0.05) is 24.2 Å². The predicted octanol–water partition coefficient (Wildman–Crippen LogP) is 4.54. The van der Waals surface area contributed by atoms with Gasteiger partial charge in [-0.05, 0) is 47.4 Å². The molecule has 1 N–H and O–H groups in total. The van der Waals surface area contributed by atoms with Crippen LogP contribution in [0.5, 0.6) is 5.75 Å². The lowest BCUT2D eigenvalue weighted by atomic mass is 9.93. The van der Waals surface area contributed by atoms with E-state index in [9.17, 15) is 14.7 Å². The van der Waals surface area contributed by atoms with Gasteiger partial charge in [0.15, 0.2) is 0 Å². The maximum atomic E-state index is 13.0. The van der Waals surface area contributed by atoms with Crippen molar-refractivity contribution in [2.45, 2.75) is 25.8 Å². The van der Waals surface area contributed by atoms with Gasteiger partial charge in [-0.2, -0.15) is 0 Å². The van der Waals surface area contributed by atoms with Crippen LogP contribution in [0.3, 0.4) is 0 Å². The zero-order valence-corrected chi connectivity index (χ0v) is 18.8. The number of hydrogen-bond donors (Lipinski definition) is 1. The second-order valence-electron chi connectivity index (χ2n) is 7.65.